The van der Waals surface area contributed by atoms with Gasteiger partial charge in [0.25, 0.3) is 0 Å². The maximum absolute atomic E-state index is 13.9. The van der Waals surface area contributed by atoms with Crippen LogP contribution in [0, 0.1) is 24.0 Å². The van der Waals surface area contributed by atoms with Crippen LogP contribution >= 0.6 is 23.4 Å². The molecule has 1 aliphatic heterocycles. The molecule has 178 valence electrons. The molecular weight excluding hydrogens is 490 g/mol. The molecule has 1 aromatic carbocycles. The summed E-state index contributed by atoms with van der Waals surface area (Å²) in [5.74, 6) is 0.633. The number of ether oxygens (including phenoxy) is 2. The molecule has 3 heterocycles. The molecule has 8 nitrogen and oxygen atoms in total. The molecule has 0 saturated carbocycles. The van der Waals surface area contributed by atoms with Gasteiger partial charge in [-0.25, -0.2) is 13.5 Å². The lowest BCUT2D eigenvalue weighted by molar-refractivity contribution is -0.186. The van der Waals surface area contributed by atoms with E-state index in [4.69, 9.17) is 27.5 Å². The van der Waals surface area contributed by atoms with Crippen molar-refractivity contribution in [3.63, 3.8) is 0 Å². The van der Waals surface area contributed by atoms with Crippen LogP contribution in [0.3, 0.4) is 0 Å². The Morgan fingerprint density at radius 1 is 1.29 bits per heavy atom. The van der Waals surface area contributed by atoms with Crippen LogP contribution in [0.15, 0.2) is 41.7 Å². The standard InChI is InChI=1S/C22H19ClF2N4O4S/c1-3-11-4-13(8-26-7-11)34-22-21(32-2)19(20(31)17(10-30)33-22)29-9-16(27-28-29)12-5-14(24)18(23)15(25)6-12/h1,4-9,17,19-22,30-31H,10H2,2H3. The lowest BCUT2D eigenvalue weighted by Gasteiger charge is -2.43. The number of rotatable bonds is 6. The number of aromatic nitrogens is 4. The molecule has 0 spiro atoms. The molecular formula is C22H19ClF2N4O4S. The SMILES string of the molecule is C#Cc1cncc(SC2OC(CO)C(O)C(n3cc(-c4cc(F)c(Cl)c(F)c4)nn3)C2OC)c1. The Labute approximate surface area is 202 Å². The van der Waals surface area contributed by atoms with Crippen LogP contribution < -0.4 is 0 Å². The lowest BCUT2D eigenvalue weighted by atomic mass is 9.97. The van der Waals surface area contributed by atoms with Gasteiger partial charge >= 0.3 is 0 Å². The van der Waals surface area contributed by atoms with Crippen LogP contribution in [0.1, 0.15) is 11.6 Å². The van der Waals surface area contributed by atoms with Crippen molar-refractivity contribution in [3.05, 3.63) is 59.0 Å². The number of pyridine rings is 1. The van der Waals surface area contributed by atoms with Crippen molar-refractivity contribution < 1.29 is 28.5 Å². The van der Waals surface area contributed by atoms with Crippen LogP contribution in [0.4, 0.5) is 8.78 Å². The van der Waals surface area contributed by atoms with Gasteiger partial charge in [-0.2, -0.15) is 0 Å². The fourth-order valence-corrected chi connectivity index (χ4v) is 4.96. The molecule has 1 saturated heterocycles. The third kappa shape index (κ3) is 4.79. The third-order valence-electron chi connectivity index (χ3n) is 5.32. The van der Waals surface area contributed by atoms with E-state index >= 15 is 0 Å². The number of methoxy groups -OCH3 is 1. The first-order valence-corrected chi connectivity index (χ1v) is 11.2. The van der Waals surface area contributed by atoms with E-state index in [9.17, 15) is 19.0 Å². The second-order valence-corrected chi connectivity index (χ2v) is 8.97. The first-order valence-electron chi connectivity index (χ1n) is 9.98. The van der Waals surface area contributed by atoms with Crippen LogP contribution in [-0.2, 0) is 9.47 Å². The summed E-state index contributed by atoms with van der Waals surface area (Å²) in [6.07, 6.45) is 7.07. The van der Waals surface area contributed by atoms with Gasteiger partial charge in [0.1, 0.15) is 52.1 Å². The summed E-state index contributed by atoms with van der Waals surface area (Å²) in [6, 6.07) is 2.97. The Kier molecular flexibility index (Phi) is 7.47. The second kappa shape index (κ2) is 10.4. The number of aliphatic hydroxyl groups excluding tert-OH is 2. The molecule has 0 radical (unpaired) electrons. The van der Waals surface area contributed by atoms with E-state index < -0.39 is 53.1 Å². The minimum Gasteiger partial charge on any atom is -0.394 e. The zero-order valence-electron chi connectivity index (χ0n) is 17.7. The summed E-state index contributed by atoms with van der Waals surface area (Å²) in [5.41, 5.74) is 0.151. The second-order valence-electron chi connectivity index (χ2n) is 7.42. The summed E-state index contributed by atoms with van der Waals surface area (Å²) in [7, 11) is 1.44. The van der Waals surface area contributed by atoms with Crippen molar-refractivity contribution in [1.29, 1.82) is 0 Å². The van der Waals surface area contributed by atoms with Gasteiger partial charge in [0.15, 0.2) is 0 Å². The molecule has 1 aliphatic rings. The average Bonchev–Trinajstić information content (AvgIpc) is 3.32. The van der Waals surface area contributed by atoms with Gasteiger partial charge in [0.2, 0.25) is 0 Å². The molecule has 34 heavy (non-hydrogen) atoms. The number of nitrogens with zero attached hydrogens (tertiary/aromatic N) is 4. The highest BCUT2D eigenvalue weighted by molar-refractivity contribution is 7.99. The highest BCUT2D eigenvalue weighted by Crippen LogP contribution is 2.39. The van der Waals surface area contributed by atoms with E-state index in [1.165, 1.54) is 29.8 Å². The molecule has 3 aromatic rings. The molecule has 2 aromatic heterocycles. The summed E-state index contributed by atoms with van der Waals surface area (Å²) >= 11 is 6.81. The normalized spacial score (nSPS) is 24.7. The third-order valence-corrected chi connectivity index (χ3v) is 6.79. The van der Waals surface area contributed by atoms with Crippen LogP contribution in [0.5, 0.6) is 0 Å². The van der Waals surface area contributed by atoms with E-state index in [-0.39, 0.29) is 11.3 Å². The first-order chi connectivity index (χ1) is 16.4. The van der Waals surface area contributed by atoms with Crippen LogP contribution in [-0.4, -0.2) is 67.7 Å². The number of aliphatic hydroxyl groups is 2. The van der Waals surface area contributed by atoms with E-state index in [1.807, 2.05) is 0 Å². The molecule has 12 heteroatoms. The van der Waals surface area contributed by atoms with Gasteiger partial charge in [-0.05, 0) is 18.2 Å². The van der Waals surface area contributed by atoms with Gasteiger partial charge in [-0.15, -0.1) is 11.5 Å². The van der Waals surface area contributed by atoms with Crippen molar-refractivity contribution in [2.24, 2.45) is 0 Å². The van der Waals surface area contributed by atoms with Crippen LogP contribution in [0.2, 0.25) is 5.02 Å². The predicted molar refractivity (Wildman–Crippen MR) is 120 cm³/mol. The Hall–Kier alpha value is -2.59. The van der Waals surface area contributed by atoms with Gasteiger partial charge in [0.05, 0.1) is 12.8 Å². The Balaban J connectivity index is 1.67. The zero-order valence-corrected chi connectivity index (χ0v) is 19.2. The molecule has 0 amide bonds. The predicted octanol–water partition coefficient (Wildman–Crippen LogP) is 2.68. The molecule has 5 unspecified atom stereocenters. The maximum Gasteiger partial charge on any atom is 0.145 e. The number of benzene rings is 1. The smallest absolute Gasteiger partial charge is 0.145 e. The fourth-order valence-electron chi connectivity index (χ4n) is 3.66. The minimum atomic E-state index is -1.23. The van der Waals surface area contributed by atoms with Gasteiger partial charge < -0.3 is 19.7 Å². The summed E-state index contributed by atoms with van der Waals surface area (Å²) in [5, 5.41) is 28.1. The van der Waals surface area contributed by atoms with Gasteiger partial charge in [-0.3, -0.25) is 4.98 Å². The van der Waals surface area contributed by atoms with Crippen molar-refractivity contribution in [1.82, 2.24) is 20.0 Å². The summed E-state index contributed by atoms with van der Waals surface area (Å²) in [6.45, 7) is -0.469. The van der Waals surface area contributed by atoms with E-state index in [0.717, 1.165) is 12.1 Å². The zero-order chi connectivity index (χ0) is 24.4. The highest BCUT2D eigenvalue weighted by atomic mass is 35.5. The molecule has 5 atom stereocenters. The number of hydrogen-bond donors (Lipinski definition) is 2. The summed E-state index contributed by atoms with van der Waals surface area (Å²) in [4.78, 5) is 4.80. The van der Waals surface area contributed by atoms with Crippen molar-refractivity contribution in [2.75, 3.05) is 13.7 Å². The largest absolute Gasteiger partial charge is 0.394 e. The highest BCUT2D eigenvalue weighted by Gasteiger charge is 2.47. The maximum atomic E-state index is 13.9. The molecule has 2 N–H and O–H groups in total. The lowest BCUT2D eigenvalue weighted by Crippen LogP contribution is -2.55. The molecule has 0 bridgehead atoms. The fraction of sp³-hybridized carbons (Fsp3) is 0.318. The van der Waals surface area contributed by atoms with Gasteiger partial charge in [0, 0.05) is 35.5 Å². The molecule has 4 rings (SSSR count). The number of halogens is 3. The van der Waals surface area contributed by atoms with Crippen LogP contribution in [0.25, 0.3) is 11.3 Å². The number of terminal acetylenes is 1. The Bertz CT molecular complexity index is 1200. The van der Waals surface area contributed by atoms with E-state index in [1.54, 1.807) is 18.5 Å². The quantitative estimate of drug-likeness (QED) is 0.387. The topological polar surface area (TPSA) is 103 Å². The first kappa shape index (κ1) is 24.5. The van der Waals surface area contributed by atoms with Crippen molar-refractivity contribution in [3.8, 4) is 23.6 Å². The summed E-state index contributed by atoms with van der Waals surface area (Å²) < 4.78 is 40.7. The Morgan fingerprint density at radius 2 is 2.03 bits per heavy atom. The minimum absolute atomic E-state index is 0.114. The number of hydrogen-bond acceptors (Lipinski definition) is 8. The Morgan fingerprint density at radius 3 is 2.68 bits per heavy atom. The number of thioether (sulfide) groups is 1. The molecule has 1 fully saturated rings. The van der Waals surface area contributed by atoms with E-state index in [2.05, 4.69) is 21.2 Å². The molecule has 0 aliphatic carbocycles. The van der Waals surface area contributed by atoms with Crippen molar-refractivity contribution >= 4 is 23.4 Å². The van der Waals surface area contributed by atoms with E-state index in [0.29, 0.717) is 10.5 Å². The monoisotopic (exact) mass is 508 g/mol. The van der Waals surface area contributed by atoms with Crippen molar-refractivity contribution in [2.45, 2.75) is 34.7 Å². The average molecular weight is 509 g/mol. The van der Waals surface area contributed by atoms with Gasteiger partial charge in [-0.1, -0.05) is 34.5 Å².